The summed E-state index contributed by atoms with van der Waals surface area (Å²) in [6.07, 6.45) is 2.66. The number of hydrogen-bond acceptors (Lipinski definition) is 5. The number of nitrogens with one attached hydrogen (secondary N) is 1. The lowest BCUT2D eigenvalue weighted by molar-refractivity contribution is -0.120. The second-order valence-corrected chi connectivity index (χ2v) is 11.5. The molecule has 2 aromatic rings. The maximum atomic E-state index is 13.0. The highest BCUT2D eigenvalue weighted by Crippen LogP contribution is 2.25. The molecule has 0 saturated carbocycles. The summed E-state index contributed by atoms with van der Waals surface area (Å²) in [6, 6.07) is 17.4. The molecule has 2 aliphatic heterocycles. The fraction of sp³-hybridized carbons (Fsp3) is 0.400. The zero-order chi connectivity index (χ0) is 23.1. The number of piperidine rings is 1. The van der Waals surface area contributed by atoms with Gasteiger partial charge in [0.05, 0.1) is 0 Å². The molecule has 0 bridgehead atoms. The summed E-state index contributed by atoms with van der Waals surface area (Å²) >= 11 is 1.98. The van der Waals surface area contributed by atoms with Crippen molar-refractivity contribution in [1.29, 1.82) is 0 Å². The zero-order valence-corrected chi connectivity index (χ0v) is 20.4. The lowest BCUT2D eigenvalue weighted by Gasteiger charge is -2.30. The second-order valence-electron chi connectivity index (χ2n) is 8.47. The largest absolute Gasteiger partial charge is 0.326 e. The molecule has 176 valence electrons. The molecular weight excluding hydrogens is 454 g/mol. The van der Waals surface area contributed by atoms with Crippen LogP contribution in [0.4, 0.5) is 5.69 Å². The highest BCUT2D eigenvalue weighted by atomic mass is 32.2. The molecule has 2 fully saturated rings. The van der Waals surface area contributed by atoms with Gasteiger partial charge in [0.2, 0.25) is 15.9 Å². The van der Waals surface area contributed by atoms with Crippen LogP contribution in [0.5, 0.6) is 0 Å². The number of sulfonamides is 1. The minimum absolute atomic E-state index is 0.0199. The number of rotatable bonds is 7. The number of nitrogens with zero attached hydrogens (tertiary/aromatic N) is 2. The zero-order valence-electron chi connectivity index (χ0n) is 18.7. The first kappa shape index (κ1) is 24.0. The van der Waals surface area contributed by atoms with Crippen LogP contribution in [0.3, 0.4) is 0 Å². The van der Waals surface area contributed by atoms with E-state index in [9.17, 15) is 13.2 Å². The van der Waals surface area contributed by atoms with Gasteiger partial charge in [0.25, 0.3) is 0 Å². The van der Waals surface area contributed by atoms with Gasteiger partial charge in [-0.25, -0.2) is 8.42 Å². The Morgan fingerprint density at radius 1 is 0.970 bits per heavy atom. The summed E-state index contributed by atoms with van der Waals surface area (Å²) < 4.78 is 26.9. The quantitative estimate of drug-likeness (QED) is 0.644. The smallest absolute Gasteiger partial charge is 0.236 e. The predicted molar refractivity (Wildman–Crippen MR) is 136 cm³/mol. The van der Waals surface area contributed by atoms with Crippen molar-refractivity contribution in [1.82, 2.24) is 9.21 Å². The molecule has 6 nitrogen and oxygen atoms in total. The molecule has 0 spiro atoms. The van der Waals surface area contributed by atoms with Crippen molar-refractivity contribution >= 4 is 39.5 Å². The van der Waals surface area contributed by atoms with Gasteiger partial charge in [-0.05, 0) is 36.1 Å². The van der Waals surface area contributed by atoms with Crippen LogP contribution in [-0.4, -0.2) is 61.2 Å². The normalized spacial score (nSPS) is 19.0. The second kappa shape index (κ2) is 11.3. The Morgan fingerprint density at radius 2 is 1.64 bits per heavy atom. The fourth-order valence-electron chi connectivity index (χ4n) is 4.20. The van der Waals surface area contributed by atoms with Crippen LogP contribution in [-0.2, 0) is 21.4 Å². The highest BCUT2D eigenvalue weighted by molar-refractivity contribution is 7.99. The third kappa shape index (κ3) is 6.69. The third-order valence-corrected chi connectivity index (χ3v) is 8.70. The first-order valence-corrected chi connectivity index (χ1v) is 14.1. The van der Waals surface area contributed by atoms with E-state index < -0.39 is 10.0 Å². The van der Waals surface area contributed by atoms with Gasteiger partial charge >= 0.3 is 0 Å². The van der Waals surface area contributed by atoms with Gasteiger partial charge < -0.3 is 5.32 Å². The lowest BCUT2D eigenvalue weighted by Crippen LogP contribution is -2.40. The molecule has 0 aliphatic carbocycles. The fourth-order valence-corrected chi connectivity index (χ4v) is 6.40. The average molecular weight is 486 g/mol. The Kier molecular flexibility index (Phi) is 8.25. The topological polar surface area (TPSA) is 69.7 Å². The van der Waals surface area contributed by atoms with Crippen LogP contribution in [0.1, 0.15) is 24.0 Å². The van der Waals surface area contributed by atoms with Crippen LogP contribution in [0.2, 0.25) is 0 Å². The molecule has 2 heterocycles. The first-order valence-electron chi connectivity index (χ1n) is 11.4. The lowest BCUT2D eigenvalue weighted by atomic mass is 9.97. The molecule has 0 atom stereocenters. The molecule has 2 saturated heterocycles. The maximum Gasteiger partial charge on any atom is 0.236 e. The molecule has 8 heteroatoms. The number of anilines is 1. The summed E-state index contributed by atoms with van der Waals surface area (Å²) in [5, 5.41) is 4.38. The standard InChI is InChI=1S/C25H31N3O3S2/c29-25(26-24-9-5-4-8-23(24)20-27-15-17-32-18-16-27)22-10-13-28(14-11-22)33(30,31)19-12-21-6-2-1-3-7-21/h1-9,12,19,22H,10-11,13-18,20H2,(H,26,29)/b19-12+. The van der Waals surface area contributed by atoms with E-state index in [1.165, 1.54) is 9.71 Å². The average Bonchev–Trinajstić information content (AvgIpc) is 2.85. The summed E-state index contributed by atoms with van der Waals surface area (Å²) in [4.78, 5) is 15.4. The van der Waals surface area contributed by atoms with Gasteiger partial charge in [0, 0.05) is 61.2 Å². The Hall–Kier alpha value is -2.13. The van der Waals surface area contributed by atoms with Gasteiger partial charge in [-0.15, -0.1) is 0 Å². The van der Waals surface area contributed by atoms with Gasteiger partial charge in [-0.3, -0.25) is 9.69 Å². The number of amides is 1. The Bertz CT molecular complexity index is 1060. The molecule has 0 radical (unpaired) electrons. The molecule has 2 aromatic carbocycles. The number of benzene rings is 2. The van der Waals surface area contributed by atoms with Crippen LogP contribution >= 0.6 is 11.8 Å². The summed E-state index contributed by atoms with van der Waals surface area (Å²) in [7, 11) is -3.50. The summed E-state index contributed by atoms with van der Waals surface area (Å²) in [5.74, 6) is 2.09. The van der Waals surface area contributed by atoms with E-state index in [0.29, 0.717) is 25.9 Å². The van der Waals surface area contributed by atoms with E-state index in [0.717, 1.165) is 48.0 Å². The van der Waals surface area contributed by atoms with E-state index in [1.807, 2.05) is 60.3 Å². The number of thioether (sulfide) groups is 1. The maximum absolute atomic E-state index is 13.0. The molecule has 2 aliphatic rings. The van der Waals surface area contributed by atoms with Crippen LogP contribution in [0.15, 0.2) is 60.0 Å². The van der Waals surface area contributed by atoms with E-state index in [-0.39, 0.29) is 11.8 Å². The predicted octanol–water partition coefficient (Wildman–Crippen LogP) is 3.89. The number of hydrogen-bond donors (Lipinski definition) is 1. The Balaban J connectivity index is 1.32. The molecular formula is C25H31N3O3S2. The summed E-state index contributed by atoms with van der Waals surface area (Å²) in [5.41, 5.74) is 2.84. The van der Waals surface area contributed by atoms with E-state index >= 15 is 0 Å². The van der Waals surface area contributed by atoms with E-state index in [2.05, 4.69) is 16.3 Å². The number of carbonyl (C=O) groups is 1. The van der Waals surface area contributed by atoms with E-state index in [4.69, 9.17) is 0 Å². The minimum atomic E-state index is -3.50. The molecule has 1 N–H and O–H groups in total. The van der Waals surface area contributed by atoms with Crippen molar-refractivity contribution in [2.75, 3.05) is 43.0 Å². The van der Waals surface area contributed by atoms with Gasteiger partial charge in [0.15, 0.2) is 0 Å². The van der Waals surface area contributed by atoms with E-state index in [1.54, 1.807) is 6.08 Å². The van der Waals surface area contributed by atoms with Crippen molar-refractivity contribution in [2.24, 2.45) is 5.92 Å². The Labute approximate surface area is 201 Å². The molecule has 4 rings (SSSR count). The minimum Gasteiger partial charge on any atom is -0.326 e. The van der Waals surface area contributed by atoms with Crippen molar-refractivity contribution in [3.63, 3.8) is 0 Å². The molecule has 33 heavy (non-hydrogen) atoms. The summed E-state index contributed by atoms with van der Waals surface area (Å²) in [6.45, 7) is 3.68. The van der Waals surface area contributed by atoms with Crippen molar-refractivity contribution in [3.05, 3.63) is 71.1 Å². The van der Waals surface area contributed by atoms with Gasteiger partial charge in [-0.1, -0.05) is 48.5 Å². The van der Waals surface area contributed by atoms with Crippen molar-refractivity contribution in [2.45, 2.75) is 19.4 Å². The Morgan fingerprint density at radius 3 is 2.36 bits per heavy atom. The molecule has 0 aromatic heterocycles. The molecule has 1 amide bonds. The van der Waals surface area contributed by atoms with Gasteiger partial charge in [-0.2, -0.15) is 16.1 Å². The highest BCUT2D eigenvalue weighted by Gasteiger charge is 2.30. The first-order chi connectivity index (χ1) is 16.0. The number of para-hydroxylation sites is 1. The SMILES string of the molecule is O=C(Nc1ccccc1CN1CCSCC1)C1CCN(S(=O)(=O)/C=C/c2ccccc2)CC1. The van der Waals surface area contributed by atoms with Crippen molar-refractivity contribution < 1.29 is 13.2 Å². The molecule has 0 unspecified atom stereocenters. The van der Waals surface area contributed by atoms with Crippen LogP contribution in [0, 0.1) is 5.92 Å². The number of carbonyl (C=O) groups excluding carboxylic acids is 1. The van der Waals surface area contributed by atoms with Gasteiger partial charge in [0.1, 0.15) is 0 Å². The monoisotopic (exact) mass is 485 g/mol. The van der Waals surface area contributed by atoms with Crippen LogP contribution in [0.25, 0.3) is 6.08 Å². The van der Waals surface area contributed by atoms with Crippen LogP contribution < -0.4 is 5.32 Å². The van der Waals surface area contributed by atoms with Crippen molar-refractivity contribution in [3.8, 4) is 0 Å². The third-order valence-electron chi connectivity index (χ3n) is 6.19.